The zero-order valence-corrected chi connectivity index (χ0v) is 12.3. The van der Waals surface area contributed by atoms with Crippen molar-refractivity contribution in [2.24, 2.45) is 23.5 Å². The summed E-state index contributed by atoms with van der Waals surface area (Å²) < 4.78 is 0. The van der Waals surface area contributed by atoms with Gasteiger partial charge in [0.2, 0.25) is 5.91 Å². The van der Waals surface area contributed by atoms with Gasteiger partial charge in [-0.05, 0) is 51.4 Å². The number of rotatable bonds is 1. The molecule has 18 heavy (non-hydrogen) atoms. The van der Waals surface area contributed by atoms with Gasteiger partial charge in [0, 0.05) is 24.0 Å². The molecule has 4 unspecified atom stereocenters. The van der Waals surface area contributed by atoms with Crippen molar-refractivity contribution >= 4 is 5.91 Å². The Morgan fingerprint density at radius 3 is 2.44 bits per heavy atom. The molecular weight excluding hydrogens is 224 g/mol. The summed E-state index contributed by atoms with van der Waals surface area (Å²) in [7, 11) is 0. The van der Waals surface area contributed by atoms with Crippen molar-refractivity contribution in [2.45, 2.75) is 65.0 Å². The van der Waals surface area contributed by atoms with Gasteiger partial charge in [-0.2, -0.15) is 0 Å². The summed E-state index contributed by atoms with van der Waals surface area (Å²) in [6.07, 6.45) is 4.23. The second-order valence-electron chi connectivity index (χ2n) is 7.10. The molecule has 1 saturated heterocycles. The molecule has 3 nitrogen and oxygen atoms in total. The fourth-order valence-electron chi connectivity index (χ4n) is 3.74. The van der Waals surface area contributed by atoms with E-state index >= 15 is 0 Å². The molecule has 0 spiro atoms. The summed E-state index contributed by atoms with van der Waals surface area (Å²) >= 11 is 0. The summed E-state index contributed by atoms with van der Waals surface area (Å²) in [5, 5.41) is 0. The normalized spacial score (nSPS) is 39.9. The Bertz CT molecular complexity index is 326. The van der Waals surface area contributed by atoms with Gasteiger partial charge in [-0.1, -0.05) is 13.8 Å². The second kappa shape index (κ2) is 4.84. The van der Waals surface area contributed by atoms with Crippen LogP contribution in [0.5, 0.6) is 0 Å². The molecule has 2 aliphatic rings. The molecule has 0 aromatic rings. The highest BCUT2D eigenvalue weighted by Gasteiger charge is 2.42. The van der Waals surface area contributed by atoms with Crippen molar-refractivity contribution in [2.75, 3.05) is 6.54 Å². The second-order valence-corrected chi connectivity index (χ2v) is 7.10. The molecule has 1 amide bonds. The zero-order chi connectivity index (χ0) is 13.5. The minimum atomic E-state index is 0.0456. The summed E-state index contributed by atoms with van der Waals surface area (Å²) in [4.78, 5) is 14.9. The molecule has 0 aromatic heterocycles. The number of hydrogen-bond donors (Lipinski definition) is 1. The third-order valence-electron chi connectivity index (χ3n) is 5.17. The first-order valence-electron chi connectivity index (χ1n) is 7.40. The lowest BCUT2D eigenvalue weighted by Gasteiger charge is -2.41. The van der Waals surface area contributed by atoms with Crippen molar-refractivity contribution in [1.29, 1.82) is 0 Å². The monoisotopic (exact) mass is 252 g/mol. The maximum absolute atomic E-state index is 12.7. The van der Waals surface area contributed by atoms with Gasteiger partial charge in [-0.3, -0.25) is 4.79 Å². The minimum Gasteiger partial charge on any atom is -0.337 e. The summed E-state index contributed by atoms with van der Waals surface area (Å²) in [5.41, 5.74) is 6.21. The van der Waals surface area contributed by atoms with Crippen LogP contribution in [0.3, 0.4) is 0 Å². The Hall–Kier alpha value is -0.570. The van der Waals surface area contributed by atoms with Crippen LogP contribution in [0.2, 0.25) is 0 Å². The molecule has 0 bridgehead atoms. The van der Waals surface area contributed by atoms with E-state index in [1.54, 1.807) is 0 Å². The minimum absolute atomic E-state index is 0.0456. The van der Waals surface area contributed by atoms with Gasteiger partial charge in [-0.15, -0.1) is 0 Å². The standard InChI is InChI=1S/C15H28N2O/c1-10-8-11(2)13(16)9-12(10)14(18)17-7-5-6-15(17,3)4/h10-13H,5-9,16H2,1-4H3. The highest BCUT2D eigenvalue weighted by molar-refractivity contribution is 5.80. The van der Waals surface area contributed by atoms with E-state index in [4.69, 9.17) is 5.73 Å². The Kier molecular flexibility index (Phi) is 3.72. The van der Waals surface area contributed by atoms with Gasteiger partial charge in [0.05, 0.1) is 0 Å². The highest BCUT2D eigenvalue weighted by Crippen LogP contribution is 2.37. The van der Waals surface area contributed by atoms with Gasteiger partial charge < -0.3 is 10.6 Å². The Labute approximate surface area is 111 Å². The maximum Gasteiger partial charge on any atom is 0.226 e. The molecule has 1 saturated carbocycles. The van der Waals surface area contributed by atoms with E-state index in [9.17, 15) is 4.79 Å². The topological polar surface area (TPSA) is 46.3 Å². The van der Waals surface area contributed by atoms with Gasteiger partial charge in [0.25, 0.3) is 0 Å². The largest absolute Gasteiger partial charge is 0.337 e. The summed E-state index contributed by atoms with van der Waals surface area (Å²) in [6.45, 7) is 9.73. The van der Waals surface area contributed by atoms with Gasteiger partial charge in [-0.25, -0.2) is 0 Å². The van der Waals surface area contributed by atoms with Gasteiger partial charge in [0.1, 0.15) is 0 Å². The van der Waals surface area contributed by atoms with E-state index in [0.717, 1.165) is 32.2 Å². The number of nitrogens with zero attached hydrogens (tertiary/aromatic N) is 1. The molecule has 3 heteroatoms. The fraction of sp³-hybridized carbons (Fsp3) is 0.933. The van der Waals surface area contributed by atoms with E-state index in [0.29, 0.717) is 17.7 Å². The lowest BCUT2D eigenvalue weighted by molar-refractivity contribution is -0.142. The quantitative estimate of drug-likeness (QED) is 0.779. The summed E-state index contributed by atoms with van der Waals surface area (Å²) in [5.74, 6) is 1.53. The molecule has 1 heterocycles. The van der Waals surface area contributed by atoms with Crippen LogP contribution in [0, 0.1) is 17.8 Å². The number of likely N-dealkylation sites (tertiary alicyclic amines) is 1. The lowest BCUT2D eigenvalue weighted by Crippen LogP contribution is -2.50. The molecule has 2 fully saturated rings. The fourth-order valence-corrected chi connectivity index (χ4v) is 3.74. The Morgan fingerprint density at radius 1 is 1.22 bits per heavy atom. The van der Waals surface area contributed by atoms with E-state index in [2.05, 4.69) is 32.6 Å². The first-order valence-corrected chi connectivity index (χ1v) is 7.40. The first-order chi connectivity index (χ1) is 8.33. The van der Waals surface area contributed by atoms with Crippen molar-refractivity contribution in [1.82, 2.24) is 4.90 Å². The maximum atomic E-state index is 12.7. The van der Waals surface area contributed by atoms with Crippen molar-refractivity contribution in [3.63, 3.8) is 0 Å². The average Bonchev–Trinajstić information content (AvgIpc) is 2.62. The van der Waals surface area contributed by atoms with Crippen LogP contribution in [0.25, 0.3) is 0 Å². The number of amides is 1. The van der Waals surface area contributed by atoms with Crippen LogP contribution in [-0.4, -0.2) is 28.9 Å². The van der Waals surface area contributed by atoms with Crippen molar-refractivity contribution in [3.8, 4) is 0 Å². The third-order valence-corrected chi connectivity index (χ3v) is 5.17. The van der Waals surface area contributed by atoms with Crippen LogP contribution in [0.4, 0.5) is 0 Å². The average molecular weight is 252 g/mol. The van der Waals surface area contributed by atoms with Crippen molar-refractivity contribution < 1.29 is 4.79 Å². The Morgan fingerprint density at radius 2 is 1.89 bits per heavy atom. The van der Waals surface area contributed by atoms with Crippen molar-refractivity contribution in [3.05, 3.63) is 0 Å². The number of hydrogen-bond acceptors (Lipinski definition) is 2. The van der Waals surface area contributed by atoms with E-state index in [1.807, 2.05) is 0 Å². The van der Waals surface area contributed by atoms with Crippen LogP contribution in [-0.2, 0) is 4.79 Å². The predicted octanol–water partition coefficient (Wildman–Crippen LogP) is 2.40. The molecule has 0 aromatic carbocycles. The van der Waals surface area contributed by atoms with Crippen LogP contribution < -0.4 is 5.73 Å². The highest BCUT2D eigenvalue weighted by atomic mass is 16.2. The molecule has 2 rings (SSSR count). The molecule has 4 atom stereocenters. The SMILES string of the molecule is CC1CC(C)C(C(=O)N2CCCC2(C)C)CC1N. The lowest BCUT2D eigenvalue weighted by atomic mass is 9.72. The number of carbonyl (C=O) groups excluding carboxylic acids is 1. The zero-order valence-electron chi connectivity index (χ0n) is 12.3. The van der Waals surface area contributed by atoms with Gasteiger partial charge in [0.15, 0.2) is 0 Å². The van der Waals surface area contributed by atoms with Crippen LogP contribution >= 0.6 is 0 Å². The molecule has 1 aliphatic heterocycles. The molecular formula is C15H28N2O. The van der Waals surface area contributed by atoms with E-state index in [-0.39, 0.29) is 17.5 Å². The molecule has 2 N–H and O–H groups in total. The number of carbonyl (C=O) groups is 1. The molecule has 0 radical (unpaired) electrons. The van der Waals surface area contributed by atoms with Crippen LogP contribution in [0.1, 0.15) is 53.4 Å². The first kappa shape index (κ1) is 13.9. The predicted molar refractivity (Wildman–Crippen MR) is 74.1 cm³/mol. The summed E-state index contributed by atoms with van der Waals surface area (Å²) in [6, 6.07) is 0.195. The smallest absolute Gasteiger partial charge is 0.226 e. The van der Waals surface area contributed by atoms with Gasteiger partial charge >= 0.3 is 0 Å². The van der Waals surface area contributed by atoms with Crippen LogP contribution in [0.15, 0.2) is 0 Å². The van der Waals surface area contributed by atoms with E-state index < -0.39 is 0 Å². The molecule has 104 valence electrons. The number of nitrogens with two attached hydrogens (primary N) is 1. The third kappa shape index (κ3) is 2.42. The Balaban J connectivity index is 2.09. The molecule has 1 aliphatic carbocycles. The van der Waals surface area contributed by atoms with E-state index in [1.165, 1.54) is 0 Å².